The Morgan fingerprint density at radius 1 is 1.32 bits per heavy atom. The van der Waals surface area contributed by atoms with Crippen molar-refractivity contribution in [2.75, 3.05) is 5.32 Å². The van der Waals surface area contributed by atoms with E-state index in [-0.39, 0.29) is 5.91 Å². The summed E-state index contributed by atoms with van der Waals surface area (Å²) in [7, 11) is 0. The number of hydrogen-bond acceptors (Lipinski definition) is 7. The van der Waals surface area contributed by atoms with Gasteiger partial charge in [-0.15, -0.1) is 17.9 Å². The monoisotopic (exact) mass is 434 g/mol. The Balaban J connectivity index is 1.84. The highest BCUT2D eigenvalue weighted by molar-refractivity contribution is 7.71. The number of allylic oxidation sites excluding steroid dienone is 1. The number of anilines is 1. The van der Waals surface area contributed by atoms with Gasteiger partial charge >= 0.3 is 0 Å². The first-order valence-corrected chi connectivity index (χ1v) is 10.9. The predicted molar refractivity (Wildman–Crippen MR) is 117 cm³/mol. The van der Waals surface area contributed by atoms with Gasteiger partial charge in [0.15, 0.2) is 15.7 Å². The molecule has 0 bridgehead atoms. The minimum atomic E-state index is -0.185. The molecule has 148 valence electrons. The molecule has 0 atom stereocenters. The number of hydrogen-bond donors (Lipinski definition) is 2. The molecule has 0 saturated carbocycles. The molecule has 2 N–H and O–H groups in total. The Morgan fingerprint density at radius 3 is 2.75 bits per heavy atom. The molecule has 0 aliphatic carbocycles. The Bertz CT molecular complexity index is 1070. The van der Waals surface area contributed by atoms with Crippen molar-refractivity contribution in [2.45, 2.75) is 40.7 Å². The van der Waals surface area contributed by atoms with Gasteiger partial charge < -0.3 is 0 Å². The molecule has 3 aromatic rings. The van der Waals surface area contributed by atoms with E-state index < -0.39 is 0 Å². The number of aromatic nitrogens is 5. The lowest BCUT2D eigenvalue weighted by molar-refractivity contribution is 0.103. The minimum Gasteiger partial charge on any atom is -0.297 e. The van der Waals surface area contributed by atoms with Crippen LogP contribution in [0.1, 0.15) is 39.9 Å². The van der Waals surface area contributed by atoms with Gasteiger partial charge in [0.1, 0.15) is 4.88 Å². The van der Waals surface area contributed by atoms with Crippen LogP contribution in [0, 0.1) is 24.5 Å². The summed E-state index contributed by atoms with van der Waals surface area (Å²) in [5.41, 5.74) is 1.53. The average Bonchev–Trinajstić information content (AvgIpc) is 3.26. The van der Waals surface area contributed by atoms with E-state index in [1.54, 1.807) is 6.08 Å². The van der Waals surface area contributed by atoms with E-state index in [4.69, 9.17) is 12.2 Å². The topological polar surface area (TPSA) is 88.5 Å². The van der Waals surface area contributed by atoms with Gasteiger partial charge in [0.05, 0.1) is 21.3 Å². The van der Waals surface area contributed by atoms with E-state index in [0.717, 1.165) is 27.7 Å². The van der Waals surface area contributed by atoms with Crippen LogP contribution in [0.3, 0.4) is 0 Å². The number of aryl methyl sites for hydroxylation is 2. The molecule has 3 rings (SSSR count). The zero-order chi connectivity index (χ0) is 20.4. The zero-order valence-electron chi connectivity index (χ0n) is 16.2. The van der Waals surface area contributed by atoms with Gasteiger partial charge in [-0.2, -0.15) is 5.10 Å². The quantitative estimate of drug-likeness (QED) is 0.413. The Morgan fingerprint density at radius 2 is 2.07 bits per heavy atom. The number of H-pyrrole nitrogens is 1. The van der Waals surface area contributed by atoms with E-state index in [1.807, 2.05) is 18.4 Å². The summed E-state index contributed by atoms with van der Waals surface area (Å²) in [5, 5.41) is 11.5. The van der Waals surface area contributed by atoms with Gasteiger partial charge in [-0.25, -0.2) is 9.97 Å². The van der Waals surface area contributed by atoms with Crippen LogP contribution in [0.5, 0.6) is 0 Å². The highest BCUT2D eigenvalue weighted by atomic mass is 32.1. The second-order valence-electron chi connectivity index (χ2n) is 6.76. The second kappa shape index (κ2) is 8.46. The number of nitrogens with one attached hydrogen (secondary N) is 2. The lowest BCUT2D eigenvalue weighted by atomic mass is 10.1. The van der Waals surface area contributed by atoms with Crippen LogP contribution in [0.25, 0.3) is 10.7 Å². The summed E-state index contributed by atoms with van der Waals surface area (Å²) >= 11 is 8.09. The van der Waals surface area contributed by atoms with Gasteiger partial charge in [-0.05, 0) is 32.0 Å². The largest absolute Gasteiger partial charge is 0.297 e. The first-order chi connectivity index (χ1) is 13.3. The van der Waals surface area contributed by atoms with Crippen LogP contribution in [0.2, 0.25) is 0 Å². The molecule has 7 nitrogen and oxygen atoms in total. The van der Waals surface area contributed by atoms with E-state index in [9.17, 15) is 4.79 Å². The normalized spacial score (nSPS) is 11.2. The summed E-state index contributed by atoms with van der Waals surface area (Å²) in [6.45, 7) is 12.3. The van der Waals surface area contributed by atoms with Crippen molar-refractivity contribution >= 4 is 45.9 Å². The maximum absolute atomic E-state index is 12.7. The van der Waals surface area contributed by atoms with E-state index >= 15 is 0 Å². The van der Waals surface area contributed by atoms with Crippen molar-refractivity contribution in [1.29, 1.82) is 0 Å². The molecular weight excluding hydrogens is 412 g/mol. The summed E-state index contributed by atoms with van der Waals surface area (Å²) < 4.78 is 2.37. The van der Waals surface area contributed by atoms with Crippen molar-refractivity contribution in [1.82, 2.24) is 24.7 Å². The summed E-state index contributed by atoms with van der Waals surface area (Å²) in [6, 6.07) is 0. The van der Waals surface area contributed by atoms with Crippen LogP contribution in [0.15, 0.2) is 12.7 Å². The molecule has 0 spiro atoms. The van der Waals surface area contributed by atoms with Gasteiger partial charge in [0, 0.05) is 13.0 Å². The van der Waals surface area contributed by atoms with Crippen molar-refractivity contribution in [2.24, 2.45) is 5.92 Å². The number of rotatable bonds is 7. The van der Waals surface area contributed by atoms with E-state index in [2.05, 4.69) is 45.9 Å². The molecule has 0 aliphatic heterocycles. The molecule has 0 unspecified atom stereocenters. The molecule has 0 fully saturated rings. The maximum Gasteiger partial charge on any atom is 0.269 e. The highest BCUT2D eigenvalue weighted by Crippen LogP contribution is 2.32. The average molecular weight is 435 g/mol. The fourth-order valence-corrected chi connectivity index (χ4v) is 5.04. The molecule has 28 heavy (non-hydrogen) atoms. The second-order valence-corrected chi connectivity index (χ2v) is 9.23. The van der Waals surface area contributed by atoms with Crippen molar-refractivity contribution in [3.63, 3.8) is 0 Å². The van der Waals surface area contributed by atoms with Crippen molar-refractivity contribution in [3.05, 3.63) is 38.7 Å². The van der Waals surface area contributed by atoms with Gasteiger partial charge in [0.2, 0.25) is 0 Å². The lowest BCUT2D eigenvalue weighted by Gasteiger charge is -2.01. The number of thiazole rings is 2. The molecule has 0 aliphatic rings. The standard InChI is InChI=1S/C18H22N6OS3/c1-6-7-24-15(22-23-18(24)26)13-10(4)20-17(28-13)21-16(25)14-11(5)19-12(27-14)8-9(2)3/h6,9H,1,7-8H2,2-5H3,(H,23,26)(H,20,21,25). The van der Waals surface area contributed by atoms with Crippen molar-refractivity contribution in [3.8, 4) is 10.7 Å². The third-order valence-corrected chi connectivity index (χ3v) is 6.48. The fraction of sp³-hybridized carbons (Fsp3) is 0.389. The third-order valence-electron chi connectivity index (χ3n) is 3.92. The number of nitrogens with zero attached hydrogens (tertiary/aromatic N) is 4. The fourth-order valence-electron chi connectivity index (χ4n) is 2.70. The molecule has 10 heteroatoms. The van der Waals surface area contributed by atoms with E-state index in [1.165, 1.54) is 22.7 Å². The van der Waals surface area contributed by atoms with Gasteiger partial charge in [-0.3, -0.25) is 19.8 Å². The Labute approximate surface area is 176 Å². The number of amides is 1. The molecule has 3 aromatic heterocycles. The van der Waals surface area contributed by atoms with Crippen molar-refractivity contribution < 1.29 is 4.79 Å². The van der Waals surface area contributed by atoms with Crippen LogP contribution >= 0.6 is 34.9 Å². The summed E-state index contributed by atoms with van der Waals surface area (Å²) in [5.74, 6) is 1.000. The molecule has 0 saturated heterocycles. The molecular formula is C18H22N6OS3. The van der Waals surface area contributed by atoms with Crippen LogP contribution in [-0.4, -0.2) is 30.6 Å². The molecule has 0 radical (unpaired) electrons. The number of aromatic amines is 1. The lowest BCUT2D eigenvalue weighted by Crippen LogP contribution is -2.11. The maximum atomic E-state index is 12.7. The Hall–Kier alpha value is -2.17. The van der Waals surface area contributed by atoms with Crippen LogP contribution in [0.4, 0.5) is 5.13 Å². The zero-order valence-corrected chi connectivity index (χ0v) is 18.6. The van der Waals surface area contributed by atoms with Crippen LogP contribution < -0.4 is 5.32 Å². The minimum absolute atomic E-state index is 0.185. The highest BCUT2D eigenvalue weighted by Gasteiger charge is 2.20. The third kappa shape index (κ3) is 4.29. The molecule has 0 aromatic carbocycles. The number of carbonyl (C=O) groups is 1. The molecule has 3 heterocycles. The predicted octanol–water partition coefficient (Wildman–Crippen LogP) is 4.77. The summed E-state index contributed by atoms with van der Waals surface area (Å²) in [4.78, 5) is 23.2. The van der Waals surface area contributed by atoms with Crippen LogP contribution in [-0.2, 0) is 13.0 Å². The van der Waals surface area contributed by atoms with Gasteiger partial charge in [0.25, 0.3) is 5.91 Å². The van der Waals surface area contributed by atoms with E-state index in [0.29, 0.717) is 33.1 Å². The van der Waals surface area contributed by atoms with Gasteiger partial charge in [-0.1, -0.05) is 31.3 Å². The molecule has 1 amide bonds. The smallest absolute Gasteiger partial charge is 0.269 e. The first-order valence-electron chi connectivity index (χ1n) is 8.81. The first kappa shape index (κ1) is 20.6. The summed E-state index contributed by atoms with van der Waals surface area (Å²) in [6.07, 6.45) is 2.63. The number of carbonyl (C=O) groups excluding carboxylic acids is 1. The Kier molecular flexibility index (Phi) is 6.21. The SMILES string of the molecule is C=CCn1c(-c2sc(NC(=O)c3sc(CC(C)C)nc3C)nc2C)n[nH]c1=S.